The van der Waals surface area contributed by atoms with Gasteiger partial charge in [0.15, 0.2) is 0 Å². The molecule has 18 heavy (non-hydrogen) atoms. The van der Waals surface area contributed by atoms with E-state index in [1.54, 1.807) is 7.11 Å². The van der Waals surface area contributed by atoms with Crippen LogP contribution < -0.4 is 5.32 Å². The highest BCUT2D eigenvalue weighted by Gasteiger charge is 2.04. The Hall–Kier alpha value is -1.03. The summed E-state index contributed by atoms with van der Waals surface area (Å²) in [7, 11) is 1.72. The number of hydrogen-bond donors (Lipinski definition) is 1. The molecule has 0 aliphatic rings. The van der Waals surface area contributed by atoms with Gasteiger partial charge in [0.05, 0.1) is 6.61 Å². The van der Waals surface area contributed by atoms with E-state index >= 15 is 0 Å². The smallest absolute Gasteiger partial charge is 0.0613 e. The van der Waals surface area contributed by atoms with E-state index in [1.165, 1.54) is 5.52 Å². The van der Waals surface area contributed by atoms with Crippen LogP contribution in [0.3, 0.4) is 0 Å². The summed E-state index contributed by atoms with van der Waals surface area (Å²) in [5, 5.41) is 5.35. The van der Waals surface area contributed by atoms with Crippen LogP contribution in [0.5, 0.6) is 0 Å². The second-order valence-electron chi connectivity index (χ2n) is 4.49. The Morgan fingerprint density at radius 2 is 2.22 bits per heavy atom. The minimum Gasteiger partial charge on any atom is -0.383 e. The summed E-state index contributed by atoms with van der Waals surface area (Å²) in [4.78, 5) is 0. The molecule has 4 heteroatoms. The largest absolute Gasteiger partial charge is 0.383 e. The van der Waals surface area contributed by atoms with Gasteiger partial charge in [-0.3, -0.25) is 0 Å². The quantitative estimate of drug-likeness (QED) is 0.870. The molecule has 1 unspecified atom stereocenters. The molecule has 1 aromatic carbocycles. The monoisotopic (exact) mass is 266 g/mol. The van der Waals surface area contributed by atoms with Gasteiger partial charge in [-0.05, 0) is 25.1 Å². The summed E-state index contributed by atoms with van der Waals surface area (Å²) in [6.45, 7) is 4.70. The van der Waals surface area contributed by atoms with Crippen LogP contribution in [-0.2, 0) is 11.3 Å². The number of nitrogens with one attached hydrogen (secondary N) is 1. The van der Waals surface area contributed by atoms with E-state index in [4.69, 9.17) is 16.3 Å². The van der Waals surface area contributed by atoms with Crippen molar-refractivity contribution in [3.8, 4) is 0 Å². The molecule has 1 aromatic heterocycles. The third-order valence-corrected chi connectivity index (χ3v) is 3.35. The highest BCUT2D eigenvalue weighted by molar-refractivity contribution is 6.35. The molecule has 0 aliphatic carbocycles. The van der Waals surface area contributed by atoms with Gasteiger partial charge in [0.2, 0.25) is 0 Å². The number of methoxy groups -OCH3 is 1. The van der Waals surface area contributed by atoms with Crippen LogP contribution in [0, 0.1) is 0 Å². The van der Waals surface area contributed by atoms with Crippen LogP contribution in [0.15, 0.2) is 30.5 Å². The first-order valence-electron chi connectivity index (χ1n) is 6.18. The molecule has 2 rings (SSSR count). The van der Waals surface area contributed by atoms with E-state index in [0.29, 0.717) is 6.04 Å². The molecule has 0 aliphatic heterocycles. The van der Waals surface area contributed by atoms with Gasteiger partial charge in [-0.2, -0.15) is 0 Å². The van der Waals surface area contributed by atoms with Crippen LogP contribution in [0.1, 0.15) is 6.92 Å². The standard InChI is InChI=1S/C14H19ClN2O/c1-11(10-18-2)16-7-9-17-8-6-12-13(15)4-3-5-14(12)17/h3-6,8,11,16H,7,9-10H2,1-2H3. The Labute approximate surface area is 113 Å². The van der Waals surface area contributed by atoms with Crippen LogP contribution in [-0.4, -0.2) is 30.9 Å². The van der Waals surface area contributed by atoms with Crippen LogP contribution in [0.2, 0.25) is 5.02 Å². The molecule has 1 N–H and O–H groups in total. The summed E-state index contributed by atoms with van der Waals surface area (Å²) >= 11 is 6.15. The normalized spacial score (nSPS) is 13.1. The number of halogens is 1. The van der Waals surface area contributed by atoms with Crippen molar-refractivity contribution < 1.29 is 4.74 Å². The molecule has 3 nitrogen and oxygen atoms in total. The van der Waals surface area contributed by atoms with Gasteiger partial charge >= 0.3 is 0 Å². The zero-order valence-electron chi connectivity index (χ0n) is 10.8. The summed E-state index contributed by atoms with van der Waals surface area (Å²) < 4.78 is 7.31. The SMILES string of the molecule is COCC(C)NCCn1ccc2c(Cl)cccc21. The van der Waals surface area contributed by atoms with E-state index in [0.717, 1.165) is 30.1 Å². The number of benzene rings is 1. The number of aromatic nitrogens is 1. The van der Waals surface area contributed by atoms with Gasteiger partial charge in [-0.15, -0.1) is 0 Å². The lowest BCUT2D eigenvalue weighted by Gasteiger charge is -2.13. The first-order chi connectivity index (χ1) is 8.72. The van der Waals surface area contributed by atoms with Gasteiger partial charge in [0, 0.05) is 48.4 Å². The number of nitrogens with zero attached hydrogens (tertiary/aromatic N) is 1. The molecule has 1 heterocycles. The summed E-state index contributed by atoms with van der Waals surface area (Å²) in [5.41, 5.74) is 1.18. The lowest BCUT2D eigenvalue weighted by molar-refractivity contribution is 0.172. The van der Waals surface area contributed by atoms with Crippen molar-refractivity contribution in [1.29, 1.82) is 0 Å². The van der Waals surface area contributed by atoms with E-state index in [-0.39, 0.29) is 0 Å². The van der Waals surface area contributed by atoms with Gasteiger partial charge in [0.1, 0.15) is 0 Å². The van der Waals surface area contributed by atoms with Crippen LogP contribution >= 0.6 is 11.6 Å². The predicted octanol–water partition coefficient (Wildman–Crippen LogP) is 2.92. The van der Waals surface area contributed by atoms with Crippen molar-refractivity contribution in [3.63, 3.8) is 0 Å². The molecule has 1 atom stereocenters. The van der Waals surface area contributed by atoms with Crippen molar-refractivity contribution in [1.82, 2.24) is 9.88 Å². The first-order valence-corrected chi connectivity index (χ1v) is 6.56. The number of ether oxygens (including phenoxy) is 1. The molecular weight excluding hydrogens is 248 g/mol. The third-order valence-electron chi connectivity index (χ3n) is 3.02. The first kappa shape index (κ1) is 13.4. The van der Waals surface area contributed by atoms with Crippen LogP contribution in [0.4, 0.5) is 0 Å². The fourth-order valence-electron chi connectivity index (χ4n) is 2.12. The highest BCUT2D eigenvalue weighted by atomic mass is 35.5. The summed E-state index contributed by atoms with van der Waals surface area (Å²) in [6.07, 6.45) is 2.08. The Balaban J connectivity index is 1.98. The van der Waals surface area contributed by atoms with Gasteiger partial charge in [-0.25, -0.2) is 0 Å². The molecule has 0 saturated heterocycles. The number of rotatable bonds is 6. The van der Waals surface area contributed by atoms with Crippen molar-refractivity contribution in [2.45, 2.75) is 19.5 Å². The third kappa shape index (κ3) is 3.05. The Morgan fingerprint density at radius 1 is 1.39 bits per heavy atom. The highest BCUT2D eigenvalue weighted by Crippen LogP contribution is 2.23. The van der Waals surface area contributed by atoms with Crippen molar-refractivity contribution in [2.75, 3.05) is 20.3 Å². The lowest BCUT2D eigenvalue weighted by Crippen LogP contribution is -2.32. The second-order valence-corrected chi connectivity index (χ2v) is 4.90. The zero-order valence-corrected chi connectivity index (χ0v) is 11.6. The summed E-state index contributed by atoms with van der Waals surface area (Å²) in [5.74, 6) is 0. The zero-order chi connectivity index (χ0) is 13.0. The minimum absolute atomic E-state index is 0.375. The Bertz CT molecular complexity index is 509. The molecule has 98 valence electrons. The maximum Gasteiger partial charge on any atom is 0.0613 e. The molecule has 0 radical (unpaired) electrons. The average molecular weight is 267 g/mol. The second kappa shape index (κ2) is 6.23. The molecule has 0 bridgehead atoms. The molecule has 0 saturated carbocycles. The number of fused-ring (bicyclic) bond motifs is 1. The number of hydrogen-bond acceptors (Lipinski definition) is 2. The van der Waals surface area contributed by atoms with Gasteiger partial charge in [-0.1, -0.05) is 17.7 Å². The van der Waals surface area contributed by atoms with Crippen molar-refractivity contribution in [3.05, 3.63) is 35.5 Å². The van der Waals surface area contributed by atoms with E-state index in [2.05, 4.69) is 35.1 Å². The molecule has 0 fully saturated rings. The van der Waals surface area contributed by atoms with Crippen LogP contribution in [0.25, 0.3) is 10.9 Å². The topological polar surface area (TPSA) is 26.2 Å². The minimum atomic E-state index is 0.375. The lowest BCUT2D eigenvalue weighted by atomic mass is 10.2. The molecule has 2 aromatic rings. The van der Waals surface area contributed by atoms with Gasteiger partial charge < -0.3 is 14.6 Å². The average Bonchev–Trinajstić information content (AvgIpc) is 2.75. The Morgan fingerprint density at radius 3 is 3.00 bits per heavy atom. The predicted molar refractivity (Wildman–Crippen MR) is 76.3 cm³/mol. The fraction of sp³-hybridized carbons (Fsp3) is 0.429. The van der Waals surface area contributed by atoms with Crippen molar-refractivity contribution >= 4 is 22.5 Å². The molecule has 0 amide bonds. The summed E-state index contributed by atoms with van der Waals surface area (Å²) in [6, 6.07) is 8.45. The maximum atomic E-state index is 6.15. The maximum absolute atomic E-state index is 6.15. The Kier molecular flexibility index (Phi) is 4.64. The molecular formula is C14H19ClN2O. The van der Waals surface area contributed by atoms with E-state index in [9.17, 15) is 0 Å². The molecule has 0 spiro atoms. The van der Waals surface area contributed by atoms with Crippen molar-refractivity contribution in [2.24, 2.45) is 0 Å². The fourth-order valence-corrected chi connectivity index (χ4v) is 2.35. The van der Waals surface area contributed by atoms with Gasteiger partial charge in [0.25, 0.3) is 0 Å². The van der Waals surface area contributed by atoms with E-state index < -0.39 is 0 Å². The van der Waals surface area contributed by atoms with E-state index in [1.807, 2.05) is 12.1 Å².